The summed E-state index contributed by atoms with van der Waals surface area (Å²) >= 11 is 3.45. The van der Waals surface area contributed by atoms with Crippen LogP contribution in [-0.2, 0) is 15.9 Å². The first-order chi connectivity index (χ1) is 28.9. The van der Waals surface area contributed by atoms with Gasteiger partial charge in [-0.25, -0.2) is 9.97 Å². The Labute approximate surface area is 357 Å². The third-order valence-corrected chi connectivity index (χ3v) is 13.2. The summed E-state index contributed by atoms with van der Waals surface area (Å²) in [7, 11) is 4.34. The predicted octanol–water partition coefficient (Wildman–Crippen LogP) is 9.43. The van der Waals surface area contributed by atoms with Gasteiger partial charge in [-0.15, -0.1) is 22.7 Å². The molecular formula is C49H58N4O4S2. The van der Waals surface area contributed by atoms with Gasteiger partial charge in [-0.3, -0.25) is 0 Å². The molecule has 2 atom stereocenters. The molecule has 0 radical (unpaired) electrons. The van der Waals surface area contributed by atoms with E-state index in [-0.39, 0.29) is 37.6 Å². The van der Waals surface area contributed by atoms with Gasteiger partial charge in [0.2, 0.25) is 0 Å². The van der Waals surface area contributed by atoms with Crippen molar-refractivity contribution < 1.29 is 19.7 Å². The van der Waals surface area contributed by atoms with Crippen molar-refractivity contribution in [2.45, 2.75) is 82.2 Å². The van der Waals surface area contributed by atoms with Gasteiger partial charge in [-0.05, 0) is 119 Å². The van der Waals surface area contributed by atoms with E-state index in [9.17, 15) is 0 Å². The third kappa shape index (κ3) is 12.3. The summed E-state index contributed by atoms with van der Waals surface area (Å²) in [5, 5.41) is 20.1. The molecule has 8 rings (SSSR count). The average molecular weight is 831 g/mol. The highest BCUT2D eigenvalue weighted by molar-refractivity contribution is 7.19. The molecule has 0 saturated carbocycles. The molecule has 0 bridgehead atoms. The molecule has 2 aromatic heterocycles. The summed E-state index contributed by atoms with van der Waals surface area (Å²) in [5.74, 6) is 6.37. The molecule has 310 valence electrons. The highest BCUT2D eigenvalue weighted by Crippen LogP contribution is 2.37. The molecule has 2 unspecified atom stereocenters. The minimum Gasteiger partial charge on any atom is -0.396 e. The molecule has 4 aromatic carbocycles. The van der Waals surface area contributed by atoms with Crippen LogP contribution in [-0.4, -0.2) is 95.7 Å². The first-order valence-electron chi connectivity index (χ1n) is 21.2. The number of rotatable bonds is 14. The lowest BCUT2D eigenvalue weighted by atomic mass is 10.0. The van der Waals surface area contributed by atoms with Crippen LogP contribution in [0.3, 0.4) is 0 Å². The molecule has 6 aromatic rings. The van der Waals surface area contributed by atoms with E-state index in [2.05, 4.69) is 109 Å². The summed E-state index contributed by atoms with van der Waals surface area (Å²) in [4.78, 5) is 14.6. The summed E-state index contributed by atoms with van der Waals surface area (Å²) in [6, 6.07) is 33.6. The summed E-state index contributed by atoms with van der Waals surface area (Å²) < 4.78 is 15.8. The van der Waals surface area contributed by atoms with E-state index >= 15 is 0 Å². The number of likely N-dealkylation sites (tertiary alicyclic amines) is 2. The van der Waals surface area contributed by atoms with Crippen LogP contribution in [0.1, 0.15) is 95.8 Å². The van der Waals surface area contributed by atoms with Gasteiger partial charge in [0.25, 0.3) is 0 Å². The zero-order chi connectivity index (χ0) is 40.8. The minimum absolute atomic E-state index is 0.126. The number of piperidine rings is 2. The molecule has 10 heteroatoms. The van der Waals surface area contributed by atoms with E-state index in [0.717, 1.165) is 103 Å². The van der Waals surface area contributed by atoms with Crippen molar-refractivity contribution >= 4 is 43.1 Å². The Bertz CT molecular complexity index is 2200. The molecule has 2 N–H and O–H groups in total. The lowest BCUT2D eigenvalue weighted by Gasteiger charge is -2.31. The number of aliphatic hydroxyl groups excluding tert-OH is 2. The van der Waals surface area contributed by atoms with Gasteiger partial charge in [0.15, 0.2) is 0 Å². The zero-order valence-electron chi connectivity index (χ0n) is 34.5. The van der Waals surface area contributed by atoms with Crippen LogP contribution in [0.2, 0.25) is 0 Å². The number of thiazole rings is 2. The van der Waals surface area contributed by atoms with E-state index in [0.29, 0.717) is 12.8 Å². The number of para-hydroxylation sites is 2. The van der Waals surface area contributed by atoms with Crippen LogP contribution in [0.25, 0.3) is 20.4 Å². The molecule has 2 saturated heterocycles. The third-order valence-electron chi connectivity index (χ3n) is 11.1. The van der Waals surface area contributed by atoms with Crippen LogP contribution in [0.5, 0.6) is 0 Å². The van der Waals surface area contributed by atoms with Crippen molar-refractivity contribution in [2.75, 3.05) is 53.5 Å². The van der Waals surface area contributed by atoms with Gasteiger partial charge < -0.3 is 29.5 Å². The predicted molar refractivity (Wildman–Crippen MR) is 242 cm³/mol. The van der Waals surface area contributed by atoms with Crippen molar-refractivity contribution in [1.82, 2.24) is 19.8 Å². The average Bonchev–Trinajstić information content (AvgIpc) is 3.90. The van der Waals surface area contributed by atoms with E-state index in [1.807, 2.05) is 24.3 Å². The fraction of sp³-hybridized carbons (Fsp3) is 0.429. The van der Waals surface area contributed by atoms with Crippen LogP contribution in [0.15, 0.2) is 97.1 Å². The number of benzene rings is 4. The number of ether oxygens (including phenoxy) is 2. The Balaban J connectivity index is 0.000000179. The van der Waals surface area contributed by atoms with E-state index in [4.69, 9.17) is 29.7 Å². The van der Waals surface area contributed by atoms with E-state index in [1.54, 1.807) is 22.7 Å². The highest BCUT2D eigenvalue weighted by atomic mass is 32.1. The minimum atomic E-state index is -0.185. The lowest BCUT2D eigenvalue weighted by Crippen LogP contribution is -2.35. The standard InChI is InChI=1S/C25H28N2O2S.C24H30N2O2S/c1-27-15-13-21(14-16-27)29-24(25-26-22-11-4-5-12-23(22)30-25)20-10-7-9-19(18-20)8-3-2-6-17-28;1-26-14-12-20(13-15-26)28-23(24-25-21-10-2-3-11-22(21)29-24)19-9-6-8-18(17-19)7-4-5-16-27/h4-5,7,9-12,18,21,24,28H,2,6,13-17H2,1H3;2-3,6,8-11,17,20,23,27H,4-5,7,12-16H2,1H3. The van der Waals surface area contributed by atoms with Crippen molar-refractivity contribution in [2.24, 2.45) is 0 Å². The first kappa shape index (κ1) is 43.1. The van der Waals surface area contributed by atoms with Gasteiger partial charge >= 0.3 is 0 Å². The van der Waals surface area contributed by atoms with Gasteiger partial charge in [0.1, 0.15) is 22.2 Å². The second-order valence-corrected chi connectivity index (χ2v) is 17.9. The number of aromatic nitrogens is 2. The SMILES string of the molecule is CN1CCC(OC(c2cccc(C#CCCCO)c2)c2nc3ccccc3s2)CC1.CN1CCC(OC(c2cccc(CCCCO)c2)c2nc3ccccc3s2)CC1. The van der Waals surface area contributed by atoms with Crippen LogP contribution >= 0.6 is 22.7 Å². The summed E-state index contributed by atoms with van der Waals surface area (Å²) in [6.45, 7) is 4.73. The number of aliphatic hydroxyl groups is 2. The molecule has 0 amide bonds. The molecule has 0 aliphatic carbocycles. The Morgan fingerprint density at radius 1 is 0.644 bits per heavy atom. The maximum absolute atomic E-state index is 9.08. The summed E-state index contributed by atoms with van der Waals surface area (Å²) in [5.41, 5.74) is 6.63. The van der Waals surface area contributed by atoms with Crippen LogP contribution in [0.4, 0.5) is 0 Å². The highest BCUT2D eigenvalue weighted by Gasteiger charge is 2.28. The fourth-order valence-corrected chi connectivity index (χ4v) is 9.72. The van der Waals surface area contributed by atoms with Crippen LogP contribution < -0.4 is 0 Å². The monoisotopic (exact) mass is 830 g/mol. The number of hydrogen-bond donors (Lipinski definition) is 2. The fourth-order valence-electron chi connectivity index (χ4n) is 7.65. The van der Waals surface area contributed by atoms with E-state index < -0.39 is 0 Å². The molecule has 2 aliphatic rings. The Morgan fingerprint density at radius 3 is 1.71 bits per heavy atom. The number of fused-ring (bicyclic) bond motifs is 2. The second-order valence-electron chi connectivity index (χ2n) is 15.8. The van der Waals surface area contributed by atoms with Crippen molar-refractivity contribution in [3.05, 3.63) is 129 Å². The Kier molecular flexibility index (Phi) is 16.1. The maximum atomic E-state index is 9.08. The smallest absolute Gasteiger partial charge is 0.134 e. The van der Waals surface area contributed by atoms with Gasteiger partial charge in [-0.1, -0.05) is 72.5 Å². The van der Waals surface area contributed by atoms with Gasteiger partial charge in [0.05, 0.1) is 32.6 Å². The molecule has 2 aliphatic heterocycles. The largest absolute Gasteiger partial charge is 0.396 e. The van der Waals surface area contributed by atoms with Gasteiger partial charge in [0, 0.05) is 51.4 Å². The van der Waals surface area contributed by atoms with Crippen molar-refractivity contribution in [3.63, 3.8) is 0 Å². The quantitative estimate of drug-likeness (QED) is 0.0830. The number of hydrogen-bond acceptors (Lipinski definition) is 10. The lowest BCUT2D eigenvalue weighted by molar-refractivity contribution is -0.0235. The normalized spacial score (nSPS) is 16.7. The molecule has 0 spiro atoms. The number of aryl methyl sites for hydroxylation is 1. The zero-order valence-corrected chi connectivity index (χ0v) is 36.1. The first-order valence-corrected chi connectivity index (χ1v) is 22.9. The van der Waals surface area contributed by atoms with Gasteiger partial charge in [-0.2, -0.15) is 0 Å². The number of nitrogens with zero attached hydrogens (tertiary/aromatic N) is 4. The Morgan fingerprint density at radius 2 is 1.17 bits per heavy atom. The molecule has 4 heterocycles. The Hall–Kier alpha value is -4.02. The molecule has 59 heavy (non-hydrogen) atoms. The topological polar surface area (TPSA) is 91.2 Å². The van der Waals surface area contributed by atoms with Crippen molar-refractivity contribution in [3.8, 4) is 11.8 Å². The number of unbranched alkanes of at least 4 members (excludes halogenated alkanes) is 2. The summed E-state index contributed by atoms with van der Waals surface area (Å²) in [6.07, 6.45) is 8.63. The van der Waals surface area contributed by atoms with Crippen LogP contribution in [0, 0.1) is 11.8 Å². The second kappa shape index (κ2) is 22.0. The molecule has 2 fully saturated rings. The van der Waals surface area contributed by atoms with E-state index in [1.165, 1.54) is 20.5 Å². The molecule has 8 nitrogen and oxygen atoms in total. The molecular weight excluding hydrogens is 773 g/mol. The maximum Gasteiger partial charge on any atom is 0.134 e. The van der Waals surface area contributed by atoms with Crippen molar-refractivity contribution in [1.29, 1.82) is 0 Å².